The molecule has 1 aromatic rings. The molecule has 2 heterocycles. The highest BCUT2D eigenvalue weighted by Crippen LogP contribution is 2.60. The molecule has 1 aliphatic heterocycles. The van der Waals surface area contributed by atoms with Crippen LogP contribution < -0.4 is 0 Å². The van der Waals surface area contributed by atoms with E-state index in [0.29, 0.717) is 23.6 Å². The lowest BCUT2D eigenvalue weighted by atomic mass is 9.49. The van der Waals surface area contributed by atoms with Gasteiger partial charge in [0.1, 0.15) is 6.04 Å². The molecule has 5 fully saturated rings. The number of aromatic nitrogens is 2. The third-order valence-corrected chi connectivity index (χ3v) is 7.78. The topological polar surface area (TPSA) is 106 Å². The Morgan fingerprint density at radius 3 is 2.29 bits per heavy atom. The number of esters is 1. The van der Waals surface area contributed by atoms with E-state index in [1.54, 1.807) is 4.90 Å². The number of aliphatic hydroxyl groups excluding tert-OH is 1. The van der Waals surface area contributed by atoms with Gasteiger partial charge in [0, 0.05) is 18.4 Å². The molecular weight excluding hydrogens is 398 g/mol. The first-order chi connectivity index (χ1) is 14.6. The van der Waals surface area contributed by atoms with E-state index in [1.165, 1.54) is 19.3 Å². The van der Waals surface area contributed by atoms with Gasteiger partial charge in [0.2, 0.25) is 5.91 Å². The number of nitrogens with zero attached hydrogens (tertiary/aromatic N) is 3. The number of ether oxygens (including phenoxy) is 1. The fourth-order valence-corrected chi connectivity index (χ4v) is 6.79. The zero-order chi connectivity index (χ0) is 22.0. The predicted molar refractivity (Wildman–Crippen MR) is 110 cm³/mol. The van der Waals surface area contributed by atoms with Crippen molar-refractivity contribution in [2.75, 3.05) is 6.54 Å². The van der Waals surface area contributed by atoms with Gasteiger partial charge < -0.3 is 19.3 Å². The minimum atomic E-state index is -0.750. The molecule has 4 aliphatic carbocycles. The Balaban J connectivity index is 1.27. The molecule has 1 aromatic heterocycles. The van der Waals surface area contributed by atoms with Crippen LogP contribution in [-0.4, -0.2) is 50.7 Å². The van der Waals surface area contributed by atoms with Crippen LogP contribution in [0.4, 0.5) is 0 Å². The van der Waals surface area contributed by atoms with E-state index in [0.717, 1.165) is 19.3 Å². The summed E-state index contributed by atoms with van der Waals surface area (Å²) in [6.45, 7) is 5.99. The summed E-state index contributed by atoms with van der Waals surface area (Å²) < 4.78 is 10.6. The summed E-state index contributed by atoms with van der Waals surface area (Å²) in [5.41, 5.74) is -0.603. The van der Waals surface area contributed by atoms with E-state index in [9.17, 15) is 14.7 Å². The molecule has 8 heteroatoms. The number of carbonyl (C=O) groups excluding carboxylic acids is 2. The number of β-amino-alcohol motifs (C(OH)–C–C–N with tert-alkyl or cyclic N) is 1. The average molecular weight is 432 g/mol. The lowest BCUT2D eigenvalue weighted by molar-refractivity contribution is -0.166. The molecular formula is C23H33N3O5. The molecule has 0 radical (unpaired) electrons. The molecule has 8 nitrogen and oxygen atoms in total. The summed E-state index contributed by atoms with van der Waals surface area (Å²) in [6, 6.07) is -0.750. The second kappa shape index (κ2) is 7.29. The quantitative estimate of drug-likeness (QED) is 0.731. The number of hydrogen-bond donors (Lipinski definition) is 1. The second-order valence-corrected chi connectivity index (χ2v) is 11.4. The van der Waals surface area contributed by atoms with E-state index in [1.807, 2.05) is 20.8 Å². The Kier molecular flexibility index (Phi) is 4.92. The molecule has 4 saturated carbocycles. The Labute approximate surface area is 182 Å². The second-order valence-electron chi connectivity index (χ2n) is 11.4. The van der Waals surface area contributed by atoms with Crippen molar-refractivity contribution < 1.29 is 24.0 Å². The van der Waals surface area contributed by atoms with Crippen molar-refractivity contribution in [2.24, 2.45) is 23.2 Å². The maximum atomic E-state index is 13.7. The van der Waals surface area contributed by atoms with Crippen LogP contribution in [0.2, 0.25) is 0 Å². The normalized spacial score (nSPS) is 36.8. The summed E-state index contributed by atoms with van der Waals surface area (Å²) in [4.78, 5) is 32.5. The predicted octanol–water partition coefficient (Wildman–Crippen LogP) is 2.59. The van der Waals surface area contributed by atoms with Crippen LogP contribution in [-0.2, 0) is 26.3 Å². The van der Waals surface area contributed by atoms with Crippen LogP contribution in [0.5, 0.6) is 0 Å². The van der Waals surface area contributed by atoms with Crippen molar-refractivity contribution in [1.29, 1.82) is 0 Å². The van der Waals surface area contributed by atoms with Crippen LogP contribution in [0.3, 0.4) is 0 Å². The zero-order valence-electron chi connectivity index (χ0n) is 18.7. The molecule has 31 heavy (non-hydrogen) atoms. The van der Waals surface area contributed by atoms with Gasteiger partial charge in [0.05, 0.1) is 11.5 Å². The van der Waals surface area contributed by atoms with E-state index in [2.05, 4.69) is 10.1 Å². The molecule has 5 aliphatic rings. The van der Waals surface area contributed by atoms with Gasteiger partial charge in [-0.05, 0) is 56.3 Å². The van der Waals surface area contributed by atoms with Gasteiger partial charge in [-0.15, -0.1) is 0 Å². The third-order valence-electron chi connectivity index (χ3n) is 7.78. The molecule has 1 unspecified atom stereocenters. The van der Waals surface area contributed by atoms with E-state index in [-0.39, 0.29) is 42.2 Å². The SMILES string of the molecule is CC(C)(C)c1noc(COC(=O)[C@@H]2CC(O)CN2C(=O)C23CC4CC(CC(C4)C2)C3)n1. The maximum absolute atomic E-state index is 13.7. The minimum Gasteiger partial charge on any atom is -0.454 e. The van der Waals surface area contributed by atoms with Gasteiger partial charge in [0.25, 0.3) is 5.89 Å². The Morgan fingerprint density at radius 1 is 1.13 bits per heavy atom. The molecule has 0 aromatic carbocycles. The summed E-state index contributed by atoms with van der Waals surface area (Å²) >= 11 is 0. The Morgan fingerprint density at radius 2 is 1.74 bits per heavy atom. The standard InChI is InChI=1S/C23H33N3O5/c1-22(2,3)20-24-18(31-25-20)12-30-19(28)17-7-16(27)11-26(17)21(29)23-8-13-4-14(9-23)6-15(5-13)10-23/h13-17,27H,4-12H2,1-3H3/t13?,14?,15?,16?,17-,23?/m0/s1. The van der Waals surface area contributed by atoms with Crippen LogP contribution in [0, 0.1) is 23.2 Å². The largest absolute Gasteiger partial charge is 0.454 e. The minimum absolute atomic E-state index is 0.0536. The fraction of sp³-hybridized carbons (Fsp3) is 0.826. The smallest absolute Gasteiger partial charge is 0.329 e. The fourth-order valence-electron chi connectivity index (χ4n) is 6.79. The summed E-state index contributed by atoms with van der Waals surface area (Å²) in [5, 5.41) is 14.2. The number of aliphatic hydroxyl groups is 1. The Bertz CT molecular complexity index is 838. The van der Waals surface area contributed by atoms with Crippen molar-refractivity contribution in [3.05, 3.63) is 11.7 Å². The van der Waals surface area contributed by atoms with E-state index >= 15 is 0 Å². The van der Waals surface area contributed by atoms with Gasteiger partial charge in [-0.3, -0.25) is 4.79 Å². The van der Waals surface area contributed by atoms with Crippen molar-refractivity contribution in [3.63, 3.8) is 0 Å². The van der Waals surface area contributed by atoms with Gasteiger partial charge in [0.15, 0.2) is 12.4 Å². The summed E-state index contributed by atoms with van der Waals surface area (Å²) in [6.07, 6.45) is 6.07. The maximum Gasteiger partial charge on any atom is 0.329 e. The van der Waals surface area contributed by atoms with Gasteiger partial charge in [-0.1, -0.05) is 25.9 Å². The van der Waals surface area contributed by atoms with Crippen molar-refractivity contribution in [2.45, 2.75) is 89.9 Å². The molecule has 6 rings (SSSR count). The number of carbonyl (C=O) groups is 2. The summed E-state index contributed by atoms with van der Waals surface area (Å²) in [7, 11) is 0. The molecule has 1 saturated heterocycles. The number of hydrogen-bond acceptors (Lipinski definition) is 7. The van der Waals surface area contributed by atoms with Crippen LogP contribution in [0.25, 0.3) is 0 Å². The van der Waals surface area contributed by atoms with Gasteiger partial charge in [-0.2, -0.15) is 4.98 Å². The Hall–Kier alpha value is -1.96. The first-order valence-corrected chi connectivity index (χ1v) is 11.6. The molecule has 170 valence electrons. The van der Waals surface area contributed by atoms with Crippen molar-refractivity contribution >= 4 is 11.9 Å². The van der Waals surface area contributed by atoms with Crippen molar-refractivity contribution in [1.82, 2.24) is 15.0 Å². The zero-order valence-corrected chi connectivity index (χ0v) is 18.7. The molecule has 4 bridgehead atoms. The first kappa shape index (κ1) is 20.9. The molecule has 1 amide bonds. The first-order valence-electron chi connectivity index (χ1n) is 11.6. The highest BCUT2D eigenvalue weighted by atomic mass is 16.6. The number of amides is 1. The summed E-state index contributed by atoms with van der Waals surface area (Å²) in [5.74, 6) is 2.25. The third kappa shape index (κ3) is 3.77. The lowest BCUT2D eigenvalue weighted by Crippen LogP contribution is -2.56. The van der Waals surface area contributed by atoms with Crippen LogP contribution in [0.1, 0.15) is 77.4 Å². The van der Waals surface area contributed by atoms with Gasteiger partial charge in [-0.25, -0.2) is 4.79 Å². The van der Waals surface area contributed by atoms with Crippen molar-refractivity contribution in [3.8, 4) is 0 Å². The highest BCUT2D eigenvalue weighted by molar-refractivity contribution is 5.89. The molecule has 0 spiro atoms. The van der Waals surface area contributed by atoms with Gasteiger partial charge >= 0.3 is 5.97 Å². The van der Waals surface area contributed by atoms with Crippen LogP contribution in [0.15, 0.2) is 4.52 Å². The number of rotatable bonds is 4. The monoisotopic (exact) mass is 431 g/mol. The van der Waals surface area contributed by atoms with E-state index in [4.69, 9.17) is 9.26 Å². The van der Waals surface area contributed by atoms with Crippen LogP contribution >= 0.6 is 0 Å². The number of likely N-dealkylation sites (tertiary alicyclic amines) is 1. The average Bonchev–Trinajstić information content (AvgIpc) is 3.31. The van der Waals surface area contributed by atoms with E-state index < -0.39 is 18.1 Å². The molecule has 2 atom stereocenters. The highest BCUT2D eigenvalue weighted by Gasteiger charge is 2.57. The molecule has 1 N–H and O–H groups in total. The lowest BCUT2D eigenvalue weighted by Gasteiger charge is -2.56.